The number of hydrogen-bond donors (Lipinski definition) is 1. The topological polar surface area (TPSA) is 75.4 Å². The van der Waals surface area contributed by atoms with E-state index in [0.29, 0.717) is 5.92 Å². The molecule has 29 heavy (non-hydrogen) atoms. The highest BCUT2D eigenvalue weighted by atomic mass is 16.1. The average Bonchev–Trinajstić information content (AvgIpc) is 3.21. The van der Waals surface area contributed by atoms with Gasteiger partial charge in [0.2, 0.25) is 5.91 Å². The third-order valence-corrected chi connectivity index (χ3v) is 5.56. The zero-order valence-electron chi connectivity index (χ0n) is 17.0. The summed E-state index contributed by atoms with van der Waals surface area (Å²) in [5.74, 6) is 1.63. The lowest BCUT2D eigenvalue weighted by Crippen LogP contribution is -2.42. The number of carbonyl (C=O) groups excluding carboxylic acids is 1. The van der Waals surface area contributed by atoms with Gasteiger partial charge in [0, 0.05) is 19.0 Å². The first-order valence-corrected chi connectivity index (χ1v) is 10.4. The molecule has 4 rings (SSSR count). The summed E-state index contributed by atoms with van der Waals surface area (Å²) in [7, 11) is 0. The van der Waals surface area contributed by atoms with Gasteiger partial charge in [-0.15, -0.1) is 15.3 Å². The summed E-state index contributed by atoms with van der Waals surface area (Å²) < 4.78 is 1.69. The Morgan fingerprint density at radius 2 is 1.90 bits per heavy atom. The van der Waals surface area contributed by atoms with Crippen molar-refractivity contribution in [1.29, 1.82) is 0 Å². The maximum absolute atomic E-state index is 13.0. The largest absolute Gasteiger partial charge is 0.355 e. The van der Waals surface area contributed by atoms with Gasteiger partial charge in [-0.3, -0.25) is 4.79 Å². The third-order valence-electron chi connectivity index (χ3n) is 5.56. The van der Waals surface area contributed by atoms with E-state index in [-0.39, 0.29) is 17.9 Å². The predicted octanol–water partition coefficient (Wildman–Crippen LogP) is 3.24. The van der Waals surface area contributed by atoms with E-state index in [1.807, 2.05) is 30.3 Å². The van der Waals surface area contributed by atoms with Gasteiger partial charge < -0.3 is 10.2 Å². The fourth-order valence-corrected chi connectivity index (χ4v) is 3.98. The van der Waals surface area contributed by atoms with Gasteiger partial charge in [0.05, 0.1) is 6.04 Å². The first kappa shape index (κ1) is 19.4. The van der Waals surface area contributed by atoms with E-state index in [0.717, 1.165) is 43.8 Å². The summed E-state index contributed by atoms with van der Waals surface area (Å²) in [6.07, 6.45) is 4.21. The Morgan fingerprint density at radius 3 is 2.62 bits per heavy atom. The van der Waals surface area contributed by atoms with Crippen LogP contribution in [-0.4, -0.2) is 38.8 Å². The molecule has 1 aromatic carbocycles. The summed E-state index contributed by atoms with van der Waals surface area (Å²) in [5.41, 5.74) is 1.92. The normalized spacial score (nSPS) is 16.3. The number of anilines is 1. The lowest BCUT2D eigenvalue weighted by Gasteiger charge is -2.33. The fraction of sp³-hybridized carbons (Fsp3) is 0.455. The molecule has 1 saturated heterocycles. The van der Waals surface area contributed by atoms with Gasteiger partial charge in [-0.1, -0.05) is 44.2 Å². The van der Waals surface area contributed by atoms with Crippen LogP contribution < -0.4 is 10.2 Å². The smallest absolute Gasteiger partial charge is 0.223 e. The third kappa shape index (κ3) is 4.55. The highest BCUT2D eigenvalue weighted by Gasteiger charge is 2.28. The van der Waals surface area contributed by atoms with Gasteiger partial charge >= 0.3 is 0 Å². The van der Waals surface area contributed by atoms with Crippen LogP contribution in [0.3, 0.4) is 0 Å². The molecule has 0 radical (unpaired) electrons. The molecule has 1 amide bonds. The molecular formula is C22H28N6O. The molecule has 0 unspecified atom stereocenters. The van der Waals surface area contributed by atoms with Gasteiger partial charge in [0.1, 0.15) is 12.1 Å². The second kappa shape index (κ2) is 8.59. The Kier molecular flexibility index (Phi) is 5.74. The van der Waals surface area contributed by atoms with Crippen LogP contribution in [0.2, 0.25) is 0 Å². The molecule has 1 atom stereocenters. The van der Waals surface area contributed by atoms with Crippen molar-refractivity contribution in [3.8, 4) is 0 Å². The molecule has 1 N–H and O–H groups in total. The van der Waals surface area contributed by atoms with Crippen molar-refractivity contribution in [1.82, 2.24) is 25.1 Å². The predicted molar refractivity (Wildman–Crippen MR) is 112 cm³/mol. The maximum atomic E-state index is 13.0. The minimum atomic E-state index is 0.0447. The first-order chi connectivity index (χ1) is 14.1. The van der Waals surface area contributed by atoms with Gasteiger partial charge in [-0.05, 0) is 42.9 Å². The molecule has 3 aromatic rings. The molecule has 7 heteroatoms. The van der Waals surface area contributed by atoms with E-state index in [1.54, 1.807) is 10.8 Å². The lowest BCUT2D eigenvalue weighted by molar-refractivity contribution is -0.126. The first-order valence-electron chi connectivity index (χ1n) is 10.4. The van der Waals surface area contributed by atoms with Crippen LogP contribution in [0.4, 0.5) is 5.82 Å². The van der Waals surface area contributed by atoms with E-state index in [9.17, 15) is 4.79 Å². The molecular weight excluding hydrogens is 364 g/mol. The number of nitrogens with zero attached hydrogens (tertiary/aromatic N) is 5. The van der Waals surface area contributed by atoms with Crippen molar-refractivity contribution >= 4 is 17.4 Å². The fourth-order valence-electron chi connectivity index (χ4n) is 3.98. The van der Waals surface area contributed by atoms with E-state index < -0.39 is 0 Å². The Bertz CT molecular complexity index is 946. The van der Waals surface area contributed by atoms with E-state index in [2.05, 4.69) is 51.5 Å². The van der Waals surface area contributed by atoms with Crippen molar-refractivity contribution in [3.63, 3.8) is 0 Å². The number of aromatic nitrogens is 4. The summed E-state index contributed by atoms with van der Waals surface area (Å²) in [5, 5.41) is 15.7. The minimum absolute atomic E-state index is 0.0447. The summed E-state index contributed by atoms with van der Waals surface area (Å²) >= 11 is 0. The average molecular weight is 393 g/mol. The number of nitrogens with one attached hydrogen (secondary N) is 1. The summed E-state index contributed by atoms with van der Waals surface area (Å²) in [6.45, 7) is 6.03. The number of benzene rings is 1. The van der Waals surface area contributed by atoms with E-state index in [4.69, 9.17) is 0 Å². The van der Waals surface area contributed by atoms with Crippen LogP contribution in [0, 0.1) is 11.8 Å². The number of carbonyl (C=O) groups is 1. The molecule has 1 fully saturated rings. The zero-order chi connectivity index (χ0) is 20.2. The van der Waals surface area contributed by atoms with Crippen molar-refractivity contribution in [2.75, 3.05) is 18.0 Å². The van der Waals surface area contributed by atoms with Gasteiger partial charge in [0.25, 0.3) is 0 Å². The minimum Gasteiger partial charge on any atom is -0.355 e. The van der Waals surface area contributed by atoms with E-state index >= 15 is 0 Å². The Hall–Kier alpha value is -2.96. The van der Waals surface area contributed by atoms with Crippen LogP contribution in [0.1, 0.15) is 44.7 Å². The van der Waals surface area contributed by atoms with Crippen LogP contribution >= 0.6 is 0 Å². The monoisotopic (exact) mass is 392 g/mol. The van der Waals surface area contributed by atoms with Crippen molar-refractivity contribution in [2.24, 2.45) is 11.8 Å². The van der Waals surface area contributed by atoms with Gasteiger partial charge in [-0.2, -0.15) is 4.52 Å². The summed E-state index contributed by atoms with van der Waals surface area (Å²) in [4.78, 5) is 15.2. The molecule has 7 nitrogen and oxygen atoms in total. The molecule has 2 aromatic heterocycles. The second-order valence-corrected chi connectivity index (χ2v) is 8.19. The number of piperidine rings is 1. The molecule has 0 spiro atoms. The quantitative estimate of drug-likeness (QED) is 0.697. The molecule has 1 aliphatic rings. The highest BCUT2D eigenvalue weighted by molar-refractivity contribution is 5.79. The van der Waals surface area contributed by atoms with Gasteiger partial charge in [-0.25, -0.2) is 0 Å². The molecule has 0 saturated carbocycles. The van der Waals surface area contributed by atoms with Crippen molar-refractivity contribution < 1.29 is 4.79 Å². The maximum Gasteiger partial charge on any atom is 0.223 e. The van der Waals surface area contributed by atoms with Crippen molar-refractivity contribution in [2.45, 2.75) is 39.2 Å². The summed E-state index contributed by atoms with van der Waals surface area (Å²) in [6, 6.07) is 14.2. The number of amides is 1. The molecule has 0 bridgehead atoms. The highest BCUT2D eigenvalue weighted by Crippen LogP contribution is 2.25. The van der Waals surface area contributed by atoms with E-state index in [1.165, 1.54) is 5.56 Å². The van der Waals surface area contributed by atoms with Crippen LogP contribution in [0.15, 0.2) is 48.8 Å². The standard InChI is InChI=1S/C22H28N6O/c1-16(2)14-19(17-6-4-3-5-7-17)24-22(29)18-10-12-27(13-11-18)21-9-8-20-25-23-15-28(20)26-21/h3-9,15-16,18-19H,10-14H2,1-2H3,(H,24,29)/t19-/m0/s1. The van der Waals surface area contributed by atoms with Crippen LogP contribution in [-0.2, 0) is 4.79 Å². The Balaban J connectivity index is 1.37. The van der Waals surface area contributed by atoms with Crippen LogP contribution in [0.5, 0.6) is 0 Å². The second-order valence-electron chi connectivity index (χ2n) is 8.19. The SMILES string of the molecule is CC(C)C[C@H](NC(=O)C1CCN(c2ccc3nncn3n2)CC1)c1ccccc1. The molecule has 3 heterocycles. The Morgan fingerprint density at radius 1 is 1.14 bits per heavy atom. The number of hydrogen-bond acceptors (Lipinski definition) is 5. The number of fused-ring (bicyclic) bond motifs is 1. The zero-order valence-corrected chi connectivity index (χ0v) is 17.0. The Labute approximate surface area is 171 Å². The van der Waals surface area contributed by atoms with Crippen LogP contribution in [0.25, 0.3) is 5.65 Å². The molecule has 0 aliphatic carbocycles. The van der Waals surface area contributed by atoms with Gasteiger partial charge in [0.15, 0.2) is 5.65 Å². The number of rotatable bonds is 6. The molecule has 152 valence electrons. The van der Waals surface area contributed by atoms with Crippen molar-refractivity contribution in [3.05, 3.63) is 54.4 Å². The molecule has 1 aliphatic heterocycles. The lowest BCUT2D eigenvalue weighted by atomic mass is 9.93.